The van der Waals surface area contributed by atoms with Crippen molar-refractivity contribution in [1.29, 1.82) is 0 Å². The van der Waals surface area contributed by atoms with Gasteiger partial charge in [0.2, 0.25) is 0 Å². The molecule has 0 aromatic carbocycles. The van der Waals surface area contributed by atoms with Crippen LogP contribution in [0.4, 0.5) is 0 Å². The highest BCUT2D eigenvalue weighted by atomic mass is 15.1. The fourth-order valence-electron chi connectivity index (χ4n) is 1.46. The molecule has 16 heavy (non-hydrogen) atoms. The van der Waals surface area contributed by atoms with Gasteiger partial charge in [-0.2, -0.15) is 0 Å². The van der Waals surface area contributed by atoms with Crippen LogP contribution in [0.25, 0.3) is 0 Å². The minimum Gasteiger partial charge on any atom is -0.307 e. The van der Waals surface area contributed by atoms with E-state index in [0.29, 0.717) is 5.41 Å². The first kappa shape index (κ1) is 18.3. The molecule has 0 rings (SSSR count). The third-order valence-electron chi connectivity index (χ3n) is 3.11. The molecule has 0 amide bonds. The molecular formula is C15H35N. The molecule has 0 bridgehead atoms. The zero-order chi connectivity index (χ0) is 13.2. The van der Waals surface area contributed by atoms with Crippen molar-refractivity contribution >= 4 is 0 Å². The van der Waals surface area contributed by atoms with E-state index in [2.05, 4.69) is 46.6 Å². The maximum Gasteiger partial charge on any atom is -0.00168 e. The van der Waals surface area contributed by atoms with Gasteiger partial charge in [-0.3, -0.25) is 0 Å². The van der Waals surface area contributed by atoms with Crippen LogP contribution < -0.4 is 0 Å². The second kappa shape index (κ2) is 10.1. The van der Waals surface area contributed by atoms with Crippen LogP contribution in [-0.4, -0.2) is 25.0 Å². The molecule has 0 saturated carbocycles. The highest BCUT2D eigenvalue weighted by Gasteiger charge is 2.18. The Hall–Kier alpha value is -0.0400. The van der Waals surface area contributed by atoms with Crippen molar-refractivity contribution in [1.82, 2.24) is 4.90 Å². The molecule has 0 unspecified atom stereocenters. The molecule has 1 nitrogen and oxygen atoms in total. The lowest BCUT2D eigenvalue weighted by atomic mass is 9.82. The van der Waals surface area contributed by atoms with Gasteiger partial charge in [-0.25, -0.2) is 0 Å². The standard InChI is InChI=1S/C13H29N.C2H6/c1-7-14(6)11-10-13(4,5)9-8-12(2)3;1-2/h12H,7-11H2,1-6H3;1-2H3. The molecule has 100 valence electrons. The molecule has 0 heterocycles. The number of hydrogen-bond donors (Lipinski definition) is 0. The highest BCUT2D eigenvalue weighted by molar-refractivity contribution is 4.70. The molecule has 0 aromatic rings. The topological polar surface area (TPSA) is 3.24 Å². The number of rotatable bonds is 7. The summed E-state index contributed by atoms with van der Waals surface area (Å²) in [6, 6.07) is 0. The van der Waals surface area contributed by atoms with Gasteiger partial charge in [0, 0.05) is 0 Å². The van der Waals surface area contributed by atoms with E-state index in [9.17, 15) is 0 Å². The Bertz CT molecular complexity index is 138. The van der Waals surface area contributed by atoms with Crippen LogP contribution in [0.15, 0.2) is 0 Å². The first-order chi connectivity index (χ1) is 7.37. The lowest BCUT2D eigenvalue weighted by Gasteiger charge is -2.27. The predicted octanol–water partition coefficient (Wildman–Crippen LogP) is 4.82. The normalized spacial score (nSPS) is 11.6. The smallest absolute Gasteiger partial charge is 0.00168 e. The van der Waals surface area contributed by atoms with Crippen LogP contribution in [0.2, 0.25) is 0 Å². The Morgan fingerprint density at radius 2 is 1.56 bits per heavy atom. The first-order valence-electron chi connectivity index (χ1n) is 7.06. The lowest BCUT2D eigenvalue weighted by molar-refractivity contribution is 0.230. The van der Waals surface area contributed by atoms with Crippen molar-refractivity contribution in [2.75, 3.05) is 20.1 Å². The monoisotopic (exact) mass is 229 g/mol. The maximum atomic E-state index is 2.40. The van der Waals surface area contributed by atoms with Gasteiger partial charge >= 0.3 is 0 Å². The maximum absolute atomic E-state index is 2.40. The molecule has 0 saturated heterocycles. The van der Waals surface area contributed by atoms with Crippen LogP contribution in [0.1, 0.15) is 67.7 Å². The fraction of sp³-hybridized carbons (Fsp3) is 1.00. The van der Waals surface area contributed by atoms with Crippen molar-refractivity contribution in [2.45, 2.75) is 67.7 Å². The van der Waals surface area contributed by atoms with E-state index in [1.807, 2.05) is 13.8 Å². The van der Waals surface area contributed by atoms with Gasteiger partial charge < -0.3 is 4.90 Å². The van der Waals surface area contributed by atoms with Gasteiger partial charge in [-0.05, 0) is 44.3 Å². The van der Waals surface area contributed by atoms with E-state index in [1.54, 1.807) is 0 Å². The molecule has 0 aliphatic rings. The molecule has 0 radical (unpaired) electrons. The van der Waals surface area contributed by atoms with Crippen LogP contribution in [0, 0.1) is 11.3 Å². The molecule has 0 aromatic heterocycles. The zero-order valence-electron chi connectivity index (χ0n) is 13.1. The Morgan fingerprint density at radius 1 is 1.06 bits per heavy atom. The Kier molecular flexibility index (Phi) is 11.6. The van der Waals surface area contributed by atoms with Crippen molar-refractivity contribution in [2.24, 2.45) is 11.3 Å². The minimum atomic E-state index is 0.522. The average molecular weight is 229 g/mol. The van der Waals surface area contributed by atoms with Gasteiger partial charge in [0.15, 0.2) is 0 Å². The van der Waals surface area contributed by atoms with E-state index < -0.39 is 0 Å². The van der Waals surface area contributed by atoms with E-state index in [4.69, 9.17) is 0 Å². The Balaban J connectivity index is 0. The van der Waals surface area contributed by atoms with Gasteiger partial charge in [-0.1, -0.05) is 54.9 Å². The molecule has 0 spiro atoms. The first-order valence-corrected chi connectivity index (χ1v) is 7.06. The molecule has 0 fully saturated rings. The number of nitrogens with zero attached hydrogens (tertiary/aromatic N) is 1. The lowest BCUT2D eigenvalue weighted by Crippen LogP contribution is -2.24. The number of hydrogen-bond acceptors (Lipinski definition) is 1. The average Bonchev–Trinajstić information content (AvgIpc) is 2.26. The van der Waals surface area contributed by atoms with E-state index in [0.717, 1.165) is 5.92 Å². The summed E-state index contributed by atoms with van der Waals surface area (Å²) in [4.78, 5) is 2.40. The molecule has 0 aliphatic heterocycles. The van der Waals surface area contributed by atoms with E-state index in [1.165, 1.54) is 32.4 Å². The molecule has 0 aliphatic carbocycles. The van der Waals surface area contributed by atoms with Gasteiger partial charge in [-0.15, -0.1) is 0 Å². The second-order valence-corrected chi connectivity index (χ2v) is 5.74. The summed E-state index contributed by atoms with van der Waals surface area (Å²) < 4.78 is 0. The van der Waals surface area contributed by atoms with Crippen molar-refractivity contribution < 1.29 is 0 Å². The predicted molar refractivity (Wildman–Crippen MR) is 77.0 cm³/mol. The summed E-state index contributed by atoms with van der Waals surface area (Å²) in [5.41, 5.74) is 0.522. The summed E-state index contributed by atoms with van der Waals surface area (Å²) in [5, 5.41) is 0. The third kappa shape index (κ3) is 12.0. The molecule has 0 atom stereocenters. The van der Waals surface area contributed by atoms with Crippen LogP contribution in [0.5, 0.6) is 0 Å². The van der Waals surface area contributed by atoms with Crippen LogP contribution in [-0.2, 0) is 0 Å². The SMILES string of the molecule is CC.CCN(C)CCC(C)(C)CCC(C)C. The largest absolute Gasteiger partial charge is 0.307 e. The van der Waals surface area contributed by atoms with Crippen molar-refractivity contribution in [3.05, 3.63) is 0 Å². The fourth-order valence-corrected chi connectivity index (χ4v) is 1.46. The summed E-state index contributed by atoms with van der Waals surface area (Å²) in [6.45, 7) is 18.1. The third-order valence-corrected chi connectivity index (χ3v) is 3.11. The summed E-state index contributed by atoms with van der Waals surface area (Å²) >= 11 is 0. The summed E-state index contributed by atoms with van der Waals surface area (Å²) in [6.07, 6.45) is 4.05. The van der Waals surface area contributed by atoms with E-state index >= 15 is 0 Å². The molecular weight excluding hydrogens is 194 g/mol. The summed E-state index contributed by atoms with van der Waals surface area (Å²) in [5.74, 6) is 0.846. The van der Waals surface area contributed by atoms with Crippen molar-refractivity contribution in [3.63, 3.8) is 0 Å². The molecule has 0 N–H and O–H groups in total. The Labute approximate surface area is 105 Å². The molecule has 1 heteroatoms. The zero-order valence-corrected chi connectivity index (χ0v) is 13.1. The van der Waals surface area contributed by atoms with E-state index in [-0.39, 0.29) is 0 Å². The van der Waals surface area contributed by atoms with Gasteiger partial charge in [0.25, 0.3) is 0 Å². The minimum absolute atomic E-state index is 0.522. The second-order valence-electron chi connectivity index (χ2n) is 5.74. The summed E-state index contributed by atoms with van der Waals surface area (Å²) in [7, 11) is 2.21. The van der Waals surface area contributed by atoms with Crippen LogP contribution >= 0.6 is 0 Å². The Morgan fingerprint density at radius 3 is 1.94 bits per heavy atom. The van der Waals surface area contributed by atoms with Crippen LogP contribution in [0.3, 0.4) is 0 Å². The van der Waals surface area contributed by atoms with Crippen molar-refractivity contribution in [3.8, 4) is 0 Å². The van der Waals surface area contributed by atoms with Gasteiger partial charge in [0.1, 0.15) is 0 Å². The van der Waals surface area contributed by atoms with Gasteiger partial charge in [0.05, 0.1) is 0 Å². The highest BCUT2D eigenvalue weighted by Crippen LogP contribution is 2.28. The quantitative estimate of drug-likeness (QED) is 0.605.